The van der Waals surface area contributed by atoms with Crippen molar-refractivity contribution in [2.45, 2.75) is 139 Å². The summed E-state index contributed by atoms with van der Waals surface area (Å²) in [6.45, 7) is 3.88. The topological polar surface area (TPSA) is 252 Å². The van der Waals surface area contributed by atoms with Crippen molar-refractivity contribution < 1.29 is 70.0 Å². The predicted octanol–water partition coefficient (Wildman–Crippen LogP) is 5.83. The van der Waals surface area contributed by atoms with Gasteiger partial charge in [0.25, 0.3) is 11.8 Å². The molecule has 426 valence electrons. The van der Waals surface area contributed by atoms with Crippen molar-refractivity contribution in [2.75, 3.05) is 58.5 Å². The van der Waals surface area contributed by atoms with Crippen molar-refractivity contribution in [1.29, 1.82) is 0 Å². The third-order valence-electron chi connectivity index (χ3n) is 15.5. The van der Waals surface area contributed by atoms with E-state index in [0.29, 0.717) is 71.2 Å². The number of benzene rings is 1. The predicted molar refractivity (Wildman–Crippen MR) is 275 cm³/mol. The molecule has 19 nitrogen and oxygen atoms in total. The Morgan fingerprint density at radius 1 is 0.846 bits per heavy atom. The van der Waals surface area contributed by atoms with Crippen LogP contribution in [-0.2, 0) is 42.9 Å². The van der Waals surface area contributed by atoms with E-state index in [4.69, 9.17) is 29.4 Å². The summed E-state index contributed by atoms with van der Waals surface area (Å²) >= 11 is 0. The second kappa shape index (κ2) is 27.5. The van der Waals surface area contributed by atoms with Gasteiger partial charge in [0, 0.05) is 106 Å². The maximum absolute atomic E-state index is 14.6. The zero-order valence-electron chi connectivity index (χ0n) is 44.3. The fraction of sp³-hybridized carbons (Fsp3) is 0.600. The molecule has 2 aliphatic heterocycles. The molecule has 0 radical (unpaired) electrons. The minimum absolute atomic E-state index is 0.00420. The Labute approximate surface area is 451 Å². The lowest BCUT2D eigenvalue weighted by Gasteiger charge is -2.32. The lowest BCUT2D eigenvalue weighted by Crippen LogP contribution is -2.47. The first-order chi connectivity index (χ1) is 37.3. The highest BCUT2D eigenvalue weighted by Gasteiger charge is 2.66. The Bertz CT molecular complexity index is 2530. The number of hydrogen-bond acceptors (Lipinski definition) is 13. The van der Waals surface area contributed by atoms with Gasteiger partial charge in [-0.25, -0.2) is 4.39 Å². The summed E-state index contributed by atoms with van der Waals surface area (Å²) in [7, 11) is 1.71. The second-order valence-electron chi connectivity index (χ2n) is 20.7. The molecule has 2 saturated carbocycles. The van der Waals surface area contributed by atoms with Gasteiger partial charge in [-0.05, 0) is 101 Å². The standard InChI is InChI=1S/C55H72F4N8O11/c1-33-47(49(78-54(33,2)55(57,58)59)53(73)66-38-19-22-62-43(30-38)50(60)70)41-18-11-36(56)29-44(41)77-28-27-74-24-6-21-63-51(71)34-9-12-37(13-10-34)65-45(68)8-5-25-75-39-14-16-40(17-15-39)76-26-23-64-52(72)42-31-46(69)67(3)48(42)35-7-4-20-61-32-35/h4,7,11,18-20,22,29-30,32-34,37,39-40,42,47-49H,5-6,8-10,12-17,21,23-28,31H2,1-3H3,(H2,60,70)(H,63,71)(H,64,72)(H,65,68)(H,62,66,73)/t33-,34?,37?,39?,40?,42-,47-,48+,49+,54+/m0/s1. The molecular formula is C55H72F4N8O11. The number of likely N-dealkylation sites (tertiary alicyclic amines) is 1. The lowest BCUT2D eigenvalue weighted by atomic mass is 9.77. The molecule has 2 aliphatic carbocycles. The van der Waals surface area contributed by atoms with Gasteiger partial charge in [-0.2, -0.15) is 13.2 Å². The van der Waals surface area contributed by atoms with Crippen LogP contribution in [0.4, 0.5) is 23.2 Å². The summed E-state index contributed by atoms with van der Waals surface area (Å²) in [6.07, 6.45) is 5.73. The molecule has 23 heteroatoms. The van der Waals surface area contributed by atoms with Crippen molar-refractivity contribution >= 4 is 41.1 Å². The number of alkyl halides is 3. The number of carbonyl (C=O) groups excluding carboxylic acids is 6. The minimum Gasteiger partial charge on any atom is -0.491 e. The largest absolute Gasteiger partial charge is 0.491 e. The average Bonchev–Trinajstić information content (AvgIpc) is 4.13. The van der Waals surface area contributed by atoms with Crippen LogP contribution in [0.1, 0.15) is 124 Å². The van der Waals surface area contributed by atoms with Crippen molar-refractivity contribution in [3.8, 4) is 5.75 Å². The molecule has 4 fully saturated rings. The van der Waals surface area contributed by atoms with E-state index in [1.54, 1.807) is 30.4 Å². The lowest BCUT2D eigenvalue weighted by molar-refractivity contribution is -0.272. The van der Waals surface area contributed by atoms with Gasteiger partial charge in [-0.1, -0.05) is 19.1 Å². The summed E-state index contributed by atoms with van der Waals surface area (Å²) in [5.41, 5.74) is 3.35. The fourth-order valence-corrected chi connectivity index (χ4v) is 10.9. The highest BCUT2D eigenvalue weighted by atomic mass is 19.4. The SMILES string of the molecule is C[C@H]1[C@@H](c2ccc(F)cc2OCCOCCCNC(=O)C2CCC(NC(=O)CCCOC3CCC(OCCNC(=O)[C@H]4CC(=O)N(C)[C@@H]4c4cccnc4)CC3)CC2)[C@H](C(=O)Nc2ccnc(C(N)=O)c2)O[C@@]1(C)C(F)(F)F. The van der Waals surface area contributed by atoms with Gasteiger partial charge in [0.2, 0.25) is 23.6 Å². The van der Waals surface area contributed by atoms with Crippen LogP contribution < -0.4 is 31.7 Å². The maximum Gasteiger partial charge on any atom is 0.417 e. The highest BCUT2D eigenvalue weighted by Crippen LogP contribution is 2.55. The molecule has 2 aromatic heterocycles. The van der Waals surface area contributed by atoms with Crippen LogP contribution in [0.3, 0.4) is 0 Å². The van der Waals surface area contributed by atoms with E-state index in [0.717, 1.165) is 50.3 Å². The molecule has 0 unspecified atom stereocenters. The van der Waals surface area contributed by atoms with Gasteiger partial charge in [0.1, 0.15) is 30.0 Å². The van der Waals surface area contributed by atoms with Gasteiger partial charge in [-0.15, -0.1) is 0 Å². The molecule has 6 atom stereocenters. The van der Waals surface area contributed by atoms with Gasteiger partial charge in [-0.3, -0.25) is 38.7 Å². The van der Waals surface area contributed by atoms with E-state index in [2.05, 4.69) is 31.2 Å². The number of carbonyl (C=O) groups is 6. The molecule has 4 heterocycles. The molecule has 0 spiro atoms. The number of nitrogens with one attached hydrogen (secondary N) is 4. The van der Waals surface area contributed by atoms with Gasteiger partial charge in [0.15, 0.2) is 5.60 Å². The number of anilines is 1. The Hall–Kier alpha value is -6.30. The summed E-state index contributed by atoms with van der Waals surface area (Å²) in [4.78, 5) is 86.0. The molecule has 4 aliphatic rings. The Balaban J connectivity index is 0.721. The molecule has 6 amide bonds. The zero-order chi connectivity index (χ0) is 56.0. The molecule has 7 rings (SSSR count). The van der Waals surface area contributed by atoms with Crippen LogP contribution in [0.5, 0.6) is 5.75 Å². The van der Waals surface area contributed by atoms with E-state index >= 15 is 0 Å². The third kappa shape index (κ3) is 15.5. The number of nitrogens with zero attached hydrogens (tertiary/aromatic N) is 3. The highest BCUT2D eigenvalue weighted by molar-refractivity contribution is 5.97. The summed E-state index contributed by atoms with van der Waals surface area (Å²) in [5, 5.41) is 11.5. The van der Waals surface area contributed by atoms with Crippen LogP contribution >= 0.6 is 0 Å². The van der Waals surface area contributed by atoms with E-state index in [1.807, 2.05) is 6.07 Å². The number of pyridine rings is 2. The maximum atomic E-state index is 14.6. The van der Waals surface area contributed by atoms with Gasteiger partial charge in [0.05, 0.1) is 37.4 Å². The third-order valence-corrected chi connectivity index (χ3v) is 15.5. The van der Waals surface area contributed by atoms with Crippen LogP contribution in [0.15, 0.2) is 61.1 Å². The van der Waals surface area contributed by atoms with Crippen molar-refractivity contribution in [3.05, 3.63) is 83.7 Å². The average molecular weight is 1100 g/mol. The summed E-state index contributed by atoms with van der Waals surface area (Å²) < 4.78 is 87.4. The number of nitrogens with two attached hydrogens (primary N) is 1. The molecule has 0 bridgehead atoms. The minimum atomic E-state index is -4.89. The molecular weight excluding hydrogens is 1020 g/mol. The van der Waals surface area contributed by atoms with Gasteiger partial charge >= 0.3 is 6.18 Å². The monoisotopic (exact) mass is 1100 g/mol. The van der Waals surface area contributed by atoms with Crippen LogP contribution in [0, 0.1) is 23.6 Å². The number of ether oxygens (including phenoxy) is 5. The molecule has 1 aromatic carbocycles. The van der Waals surface area contributed by atoms with E-state index < -0.39 is 53.3 Å². The Kier molecular flexibility index (Phi) is 21.0. The molecule has 3 aromatic rings. The first-order valence-corrected chi connectivity index (χ1v) is 26.9. The van der Waals surface area contributed by atoms with E-state index in [1.165, 1.54) is 31.3 Å². The zero-order valence-corrected chi connectivity index (χ0v) is 44.3. The normalized spacial score (nSPS) is 26.3. The Morgan fingerprint density at radius 2 is 1.56 bits per heavy atom. The molecule has 2 saturated heterocycles. The number of rotatable bonds is 25. The summed E-state index contributed by atoms with van der Waals surface area (Å²) in [5.74, 6) is -6.24. The first-order valence-electron chi connectivity index (χ1n) is 26.9. The Morgan fingerprint density at radius 3 is 2.26 bits per heavy atom. The number of primary amides is 1. The quantitative estimate of drug-likeness (QED) is 0.0496. The van der Waals surface area contributed by atoms with Crippen LogP contribution in [-0.4, -0.2) is 140 Å². The smallest absolute Gasteiger partial charge is 0.417 e. The first kappa shape index (κ1) is 59.4. The number of amides is 6. The van der Waals surface area contributed by atoms with Crippen molar-refractivity contribution in [2.24, 2.45) is 23.5 Å². The van der Waals surface area contributed by atoms with Gasteiger partial charge < -0.3 is 55.6 Å². The molecule has 6 N–H and O–H groups in total. The van der Waals surface area contributed by atoms with Crippen LogP contribution in [0.2, 0.25) is 0 Å². The van der Waals surface area contributed by atoms with Crippen molar-refractivity contribution in [3.63, 3.8) is 0 Å². The fourth-order valence-electron chi connectivity index (χ4n) is 10.9. The number of aromatic nitrogens is 2. The van der Waals surface area contributed by atoms with Crippen LogP contribution in [0.25, 0.3) is 0 Å². The number of halogens is 4. The van der Waals surface area contributed by atoms with E-state index in [9.17, 15) is 46.3 Å². The molecule has 78 heavy (non-hydrogen) atoms. The number of hydrogen-bond donors (Lipinski definition) is 5. The van der Waals surface area contributed by atoms with Crippen molar-refractivity contribution in [1.82, 2.24) is 30.8 Å². The van der Waals surface area contributed by atoms with E-state index in [-0.39, 0.29) is 103 Å². The summed E-state index contributed by atoms with van der Waals surface area (Å²) in [6, 6.07) is 9.19. The second-order valence-corrected chi connectivity index (χ2v) is 20.7.